The minimum absolute atomic E-state index is 0.0127. The molecule has 0 aromatic heterocycles. The Morgan fingerprint density at radius 3 is 2.46 bits per heavy atom. The summed E-state index contributed by atoms with van der Waals surface area (Å²) in [6.07, 6.45) is -1.11. The first kappa shape index (κ1) is 19.9. The fourth-order valence-corrected chi connectivity index (χ4v) is 2.95. The summed E-state index contributed by atoms with van der Waals surface area (Å²) in [6, 6.07) is 12.0. The number of ether oxygens (including phenoxy) is 1. The molecule has 0 radical (unpaired) electrons. The summed E-state index contributed by atoms with van der Waals surface area (Å²) in [5.41, 5.74) is 0.405. The van der Waals surface area contributed by atoms with E-state index in [1.807, 2.05) is 0 Å². The van der Waals surface area contributed by atoms with Crippen molar-refractivity contribution in [2.45, 2.75) is 17.9 Å². The Hall–Kier alpha value is -2.42. The summed E-state index contributed by atoms with van der Waals surface area (Å²) in [4.78, 5) is 24.3. The topological polar surface area (TPSA) is 102 Å². The summed E-state index contributed by atoms with van der Waals surface area (Å²) in [5, 5.41) is 2.91. The van der Waals surface area contributed by atoms with E-state index < -0.39 is 28.0 Å². The van der Waals surface area contributed by atoms with E-state index in [9.17, 15) is 18.0 Å². The Morgan fingerprint density at radius 1 is 1.12 bits per heavy atom. The van der Waals surface area contributed by atoms with Crippen LogP contribution in [0.25, 0.3) is 0 Å². The number of hydrogen-bond donors (Lipinski definition) is 2. The molecule has 2 aromatic rings. The van der Waals surface area contributed by atoms with E-state index >= 15 is 0 Å². The third-order valence-electron chi connectivity index (χ3n) is 3.43. The zero-order valence-corrected chi connectivity index (χ0v) is 15.6. The molecular formula is C17H17ClN2O5S. The number of rotatable bonds is 6. The Morgan fingerprint density at radius 2 is 1.81 bits per heavy atom. The zero-order chi connectivity index (χ0) is 19.3. The van der Waals surface area contributed by atoms with Gasteiger partial charge < -0.3 is 10.1 Å². The van der Waals surface area contributed by atoms with Crippen molar-refractivity contribution >= 4 is 39.2 Å². The average Bonchev–Trinajstić information content (AvgIpc) is 2.63. The third-order valence-corrected chi connectivity index (χ3v) is 5.18. The molecule has 7 nitrogen and oxygen atoms in total. The van der Waals surface area contributed by atoms with E-state index in [0.717, 1.165) is 0 Å². The van der Waals surface area contributed by atoms with E-state index in [1.165, 1.54) is 38.2 Å². The maximum absolute atomic E-state index is 12.2. The van der Waals surface area contributed by atoms with Crippen molar-refractivity contribution in [1.29, 1.82) is 0 Å². The van der Waals surface area contributed by atoms with Crippen molar-refractivity contribution in [2.24, 2.45) is 0 Å². The molecular weight excluding hydrogens is 380 g/mol. The van der Waals surface area contributed by atoms with Gasteiger partial charge in [0, 0.05) is 0 Å². The van der Waals surface area contributed by atoms with Gasteiger partial charge in [-0.1, -0.05) is 29.8 Å². The van der Waals surface area contributed by atoms with Gasteiger partial charge >= 0.3 is 5.97 Å². The van der Waals surface area contributed by atoms with Crippen molar-refractivity contribution in [3.8, 4) is 0 Å². The quantitative estimate of drug-likeness (QED) is 0.730. The largest absolute Gasteiger partial charge is 0.449 e. The monoisotopic (exact) mass is 396 g/mol. The molecule has 0 saturated carbocycles. The SMILES string of the molecule is CNS(=O)(=O)c1cccc(C(=O)OC(C)C(=O)Nc2ccccc2Cl)c1. The average molecular weight is 397 g/mol. The van der Waals surface area contributed by atoms with Gasteiger partial charge in [-0.3, -0.25) is 4.79 Å². The van der Waals surface area contributed by atoms with Gasteiger partial charge in [-0.2, -0.15) is 0 Å². The number of hydrogen-bond acceptors (Lipinski definition) is 5. The van der Waals surface area contributed by atoms with Crippen LogP contribution in [0.3, 0.4) is 0 Å². The van der Waals surface area contributed by atoms with Gasteiger partial charge in [0.1, 0.15) is 0 Å². The van der Waals surface area contributed by atoms with E-state index in [0.29, 0.717) is 10.7 Å². The lowest BCUT2D eigenvalue weighted by Crippen LogP contribution is -2.30. The molecule has 2 aromatic carbocycles. The van der Waals surface area contributed by atoms with Gasteiger partial charge in [-0.15, -0.1) is 0 Å². The maximum Gasteiger partial charge on any atom is 0.338 e. The minimum atomic E-state index is -3.70. The van der Waals surface area contributed by atoms with Crippen LogP contribution in [0.15, 0.2) is 53.4 Å². The molecule has 0 bridgehead atoms. The Kier molecular flexibility index (Phi) is 6.36. The van der Waals surface area contributed by atoms with E-state index in [-0.39, 0.29) is 10.5 Å². The number of carbonyl (C=O) groups is 2. The van der Waals surface area contributed by atoms with Crippen molar-refractivity contribution in [2.75, 3.05) is 12.4 Å². The number of carbonyl (C=O) groups excluding carboxylic acids is 2. The van der Waals surface area contributed by atoms with Gasteiger partial charge in [-0.05, 0) is 44.3 Å². The molecule has 26 heavy (non-hydrogen) atoms. The number of nitrogens with one attached hydrogen (secondary N) is 2. The van der Waals surface area contributed by atoms with Crippen LogP contribution in [0.4, 0.5) is 5.69 Å². The Balaban J connectivity index is 2.08. The summed E-state index contributed by atoms with van der Waals surface area (Å²) >= 11 is 5.96. The molecule has 0 saturated heterocycles. The molecule has 1 amide bonds. The van der Waals surface area contributed by atoms with Gasteiger partial charge in [0.2, 0.25) is 10.0 Å². The van der Waals surface area contributed by atoms with Crippen molar-refractivity contribution in [3.05, 3.63) is 59.1 Å². The van der Waals surface area contributed by atoms with Crippen molar-refractivity contribution in [3.63, 3.8) is 0 Å². The fourth-order valence-electron chi connectivity index (χ4n) is 1.99. The van der Waals surface area contributed by atoms with Crippen molar-refractivity contribution < 1.29 is 22.7 Å². The molecule has 0 fully saturated rings. The highest BCUT2D eigenvalue weighted by atomic mass is 35.5. The number of anilines is 1. The number of benzene rings is 2. The highest BCUT2D eigenvalue weighted by Gasteiger charge is 2.21. The summed E-state index contributed by atoms with van der Waals surface area (Å²) in [5.74, 6) is -1.38. The first-order valence-corrected chi connectivity index (χ1v) is 9.40. The molecule has 2 N–H and O–H groups in total. The summed E-state index contributed by atoms with van der Waals surface area (Å²) in [7, 11) is -2.43. The van der Waals surface area contributed by atoms with Crippen molar-refractivity contribution in [1.82, 2.24) is 4.72 Å². The molecule has 1 unspecified atom stereocenters. The van der Waals surface area contributed by atoms with Gasteiger partial charge in [-0.25, -0.2) is 17.9 Å². The number of para-hydroxylation sites is 1. The first-order chi connectivity index (χ1) is 12.2. The molecule has 0 spiro atoms. The standard InChI is InChI=1S/C17H17ClN2O5S/c1-11(16(21)20-15-9-4-3-8-14(15)18)25-17(22)12-6-5-7-13(10-12)26(23,24)19-2/h3-11,19H,1-2H3,(H,20,21). The Bertz CT molecular complexity index is 930. The van der Waals surface area contributed by atoms with Crippen LogP contribution in [0, 0.1) is 0 Å². The van der Waals surface area contributed by atoms with E-state index in [4.69, 9.17) is 16.3 Å². The second kappa shape index (κ2) is 8.31. The van der Waals surface area contributed by atoms with Crippen LogP contribution in [0.5, 0.6) is 0 Å². The minimum Gasteiger partial charge on any atom is -0.449 e. The highest BCUT2D eigenvalue weighted by molar-refractivity contribution is 7.89. The normalized spacial score (nSPS) is 12.3. The lowest BCUT2D eigenvalue weighted by atomic mass is 10.2. The van der Waals surface area contributed by atoms with Crippen LogP contribution >= 0.6 is 11.6 Å². The number of amides is 1. The molecule has 9 heteroatoms. The second-order valence-electron chi connectivity index (χ2n) is 5.25. The molecule has 138 valence electrons. The second-order valence-corrected chi connectivity index (χ2v) is 7.55. The number of halogens is 1. The predicted molar refractivity (Wildman–Crippen MR) is 97.6 cm³/mol. The molecule has 2 rings (SSSR count). The highest BCUT2D eigenvalue weighted by Crippen LogP contribution is 2.21. The number of sulfonamides is 1. The predicted octanol–water partition coefficient (Wildman–Crippen LogP) is 2.43. The lowest BCUT2D eigenvalue weighted by molar-refractivity contribution is -0.123. The first-order valence-electron chi connectivity index (χ1n) is 7.54. The lowest BCUT2D eigenvalue weighted by Gasteiger charge is -2.14. The number of esters is 1. The van der Waals surface area contributed by atoms with Crippen LogP contribution in [0.2, 0.25) is 5.02 Å². The molecule has 0 aliphatic heterocycles. The van der Waals surface area contributed by atoms with Crippen LogP contribution in [-0.4, -0.2) is 33.4 Å². The zero-order valence-electron chi connectivity index (χ0n) is 14.0. The molecule has 0 aliphatic carbocycles. The smallest absolute Gasteiger partial charge is 0.338 e. The van der Waals surface area contributed by atoms with E-state index in [2.05, 4.69) is 10.0 Å². The molecule has 1 atom stereocenters. The summed E-state index contributed by atoms with van der Waals surface area (Å²) < 4.78 is 30.9. The van der Waals surface area contributed by atoms with Crippen LogP contribution in [0.1, 0.15) is 17.3 Å². The Labute approximate surface area is 156 Å². The van der Waals surface area contributed by atoms with Gasteiger partial charge in [0.25, 0.3) is 5.91 Å². The van der Waals surface area contributed by atoms with Gasteiger partial charge in [0.15, 0.2) is 6.10 Å². The summed E-state index contributed by atoms with van der Waals surface area (Å²) in [6.45, 7) is 1.40. The molecule has 0 aliphatic rings. The van der Waals surface area contributed by atoms with E-state index in [1.54, 1.807) is 24.3 Å². The van der Waals surface area contributed by atoms with Crippen LogP contribution in [-0.2, 0) is 19.6 Å². The molecule has 0 heterocycles. The fraction of sp³-hybridized carbons (Fsp3) is 0.176. The van der Waals surface area contributed by atoms with Crippen LogP contribution < -0.4 is 10.0 Å². The maximum atomic E-state index is 12.2. The third kappa shape index (κ3) is 4.81. The van der Waals surface area contributed by atoms with Gasteiger partial charge in [0.05, 0.1) is 21.2 Å².